The number of carbonyl (C=O) groups excluding carboxylic acids is 2. The van der Waals surface area contributed by atoms with Gasteiger partial charge in [-0.05, 0) is 31.0 Å². The molecule has 1 atom stereocenters. The lowest BCUT2D eigenvalue weighted by Crippen LogP contribution is -2.40. The van der Waals surface area contributed by atoms with Crippen LogP contribution in [-0.4, -0.2) is 17.9 Å². The first-order valence-electron chi connectivity index (χ1n) is 8.44. The zero-order chi connectivity index (χ0) is 17.6. The van der Waals surface area contributed by atoms with Crippen molar-refractivity contribution >= 4 is 11.9 Å². The molecule has 0 spiro atoms. The standard InChI is InChI=1S/C19H20FNO4/c20-15-10-5-4-9-14(15)17(25-19(23)16-11-6-12-24-16)18(22)21-13-7-2-1-3-8-13/h4-6,9-13,17H,1-3,7-8H2,(H,21,22)/t17-/m1/s1. The smallest absolute Gasteiger partial charge is 0.375 e. The van der Waals surface area contributed by atoms with E-state index in [1.165, 1.54) is 36.6 Å². The van der Waals surface area contributed by atoms with Crippen LogP contribution in [0.5, 0.6) is 0 Å². The van der Waals surface area contributed by atoms with E-state index in [-0.39, 0.29) is 17.4 Å². The van der Waals surface area contributed by atoms with Gasteiger partial charge in [0.1, 0.15) is 5.82 Å². The van der Waals surface area contributed by atoms with E-state index >= 15 is 0 Å². The van der Waals surface area contributed by atoms with Gasteiger partial charge in [0.2, 0.25) is 11.9 Å². The Bertz CT molecular complexity index is 723. The van der Waals surface area contributed by atoms with E-state index < -0.39 is 23.8 Å². The number of benzene rings is 1. The highest BCUT2D eigenvalue weighted by atomic mass is 19.1. The number of furan rings is 1. The molecule has 1 amide bonds. The Hall–Kier alpha value is -2.63. The normalized spacial score (nSPS) is 16.2. The molecule has 1 aliphatic rings. The van der Waals surface area contributed by atoms with E-state index in [1.807, 2.05) is 0 Å². The molecule has 0 bridgehead atoms. The fraction of sp³-hybridized carbons (Fsp3) is 0.368. The summed E-state index contributed by atoms with van der Waals surface area (Å²) in [5.74, 6) is -1.96. The van der Waals surface area contributed by atoms with Crippen LogP contribution in [0.4, 0.5) is 4.39 Å². The van der Waals surface area contributed by atoms with Gasteiger partial charge in [0.25, 0.3) is 5.91 Å². The third-order valence-corrected chi connectivity index (χ3v) is 4.32. The summed E-state index contributed by atoms with van der Waals surface area (Å²) in [5.41, 5.74) is 0.0238. The Kier molecular flexibility index (Phi) is 5.48. The van der Waals surface area contributed by atoms with Crippen LogP contribution >= 0.6 is 0 Å². The zero-order valence-electron chi connectivity index (χ0n) is 13.7. The van der Waals surface area contributed by atoms with Crippen molar-refractivity contribution in [3.05, 3.63) is 59.8 Å². The first-order valence-corrected chi connectivity index (χ1v) is 8.44. The molecule has 0 radical (unpaired) electrons. The molecule has 25 heavy (non-hydrogen) atoms. The van der Waals surface area contributed by atoms with E-state index in [4.69, 9.17) is 9.15 Å². The Labute approximate surface area is 145 Å². The van der Waals surface area contributed by atoms with Gasteiger partial charge in [0.05, 0.1) is 6.26 Å². The van der Waals surface area contributed by atoms with Gasteiger partial charge in [-0.25, -0.2) is 9.18 Å². The van der Waals surface area contributed by atoms with Gasteiger partial charge in [-0.1, -0.05) is 37.5 Å². The van der Waals surface area contributed by atoms with Crippen molar-refractivity contribution in [1.82, 2.24) is 5.32 Å². The van der Waals surface area contributed by atoms with Gasteiger partial charge >= 0.3 is 5.97 Å². The second kappa shape index (κ2) is 7.96. The van der Waals surface area contributed by atoms with Crippen molar-refractivity contribution in [2.24, 2.45) is 0 Å². The summed E-state index contributed by atoms with van der Waals surface area (Å²) in [5, 5.41) is 2.88. The predicted octanol–water partition coefficient (Wildman–Crippen LogP) is 3.77. The van der Waals surface area contributed by atoms with Crippen LogP contribution in [0.25, 0.3) is 0 Å². The molecule has 1 aliphatic carbocycles. The first-order chi connectivity index (χ1) is 12.1. The van der Waals surface area contributed by atoms with Crippen LogP contribution in [0.3, 0.4) is 0 Å². The third-order valence-electron chi connectivity index (χ3n) is 4.32. The van der Waals surface area contributed by atoms with Crippen molar-refractivity contribution in [3.63, 3.8) is 0 Å². The summed E-state index contributed by atoms with van der Waals surface area (Å²) in [7, 11) is 0. The molecule has 0 aliphatic heterocycles. The second-order valence-electron chi connectivity index (χ2n) is 6.13. The first kappa shape index (κ1) is 17.2. The van der Waals surface area contributed by atoms with Crippen molar-refractivity contribution in [2.75, 3.05) is 0 Å². The zero-order valence-corrected chi connectivity index (χ0v) is 13.7. The van der Waals surface area contributed by atoms with Crippen LogP contribution in [-0.2, 0) is 9.53 Å². The van der Waals surface area contributed by atoms with Crippen LogP contribution in [0, 0.1) is 5.82 Å². The molecule has 6 heteroatoms. The van der Waals surface area contributed by atoms with Crippen LogP contribution < -0.4 is 5.32 Å². The lowest BCUT2D eigenvalue weighted by molar-refractivity contribution is -0.131. The van der Waals surface area contributed by atoms with Gasteiger partial charge in [0.15, 0.2) is 0 Å². The van der Waals surface area contributed by atoms with Gasteiger partial charge in [0, 0.05) is 11.6 Å². The summed E-state index contributed by atoms with van der Waals surface area (Å²) >= 11 is 0. The average molecular weight is 345 g/mol. The second-order valence-corrected chi connectivity index (χ2v) is 6.13. The van der Waals surface area contributed by atoms with E-state index in [1.54, 1.807) is 6.07 Å². The summed E-state index contributed by atoms with van der Waals surface area (Å²) in [4.78, 5) is 24.9. The van der Waals surface area contributed by atoms with E-state index in [9.17, 15) is 14.0 Å². The number of esters is 1. The van der Waals surface area contributed by atoms with Crippen molar-refractivity contribution < 1.29 is 23.1 Å². The molecule has 1 saturated carbocycles. The highest BCUT2D eigenvalue weighted by Gasteiger charge is 2.30. The van der Waals surface area contributed by atoms with E-state index in [0.717, 1.165) is 32.1 Å². The number of hydrogen-bond donors (Lipinski definition) is 1. The predicted molar refractivity (Wildman–Crippen MR) is 88.3 cm³/mol. The fourth-order valence-electron chi connectivity index (χ4n) is 3.03. The summed E-state index contributed by atoms with van der Waals surface area (Å²) in [6, 6.07) is 8.78. The van der Waals surface area contributed by atoms with Crippen molar-refractivity contribution in [1.29, 1.82) is 0 Å². The Morgan fingerprint density at radius 1 is 1.12 bits per heavy atom. The highest BCUT2D eigenvalue weighted by molar-refractivity contribution is 5.90. The largest absolute Gasteiger partial charge is 0.457 e. The maximum Gasteiger partial charge on any atom is 0.375 e. The number of carbonyl (C=O) groups is 2. The van der Waals surface area contributed by atoms with Gasteiger partial charge in [-0.15, -0.1) is 0 Å². The average Bonchev–Trinajstić information content (AvgIpc) is 3.16. The van der Waals surface area contributed by atoms with Gasteiger partial charge in [-0.2, -0.15) is 0 Å². The number of hydrogen-bond acceptors (Lipinski definition) is 4. The van der Waals surface area contributed by atoms with Crippen molar-refractivity contribution in [3.8, 4) is 0 Å². The molecule has 1 aromatic heterocycles. The van der Waals surface area contributed by atoms with Crippen LogP contribution in [0.2, 0.25) is 0 Å². The summed E-state index contributed by atoms with van der Waals surface area (Å²) in [6.07, 6.45) is 4.96. The SMILES string of the molecule is O=C(O[C@@H](C(=O)NC1CCCCC1)c1ccccc1F)c1ccco1. The minimum Gasteiger partial charge on any atom is -0.457 e. The number of amides is 1. The fourth-order valence-corrected chi connectivity index (χ4v) is 3.03. The number of rotatable bonds is 5. The molecule has 1 N–H and O–H groups in total. The molecular formula is C19H20FNO4. The Balaban J connectivity index is 1.79. The topological polar surface area (TPSA) is 68.5 Å². The quantitative estimate of drug-likeness (QED) is 0.838. The van der Waals surface area contributed by atoms with Gasteiger partial charge in [-0.3, -0.25) is 4.79 Å². The van der Waals surface area contributed by atoms with Gasteiger partial charge < -0.3 is 14.5 Å². The van der Waals surface area contributed by atoms with Crippen molar-refractivity contribution in [2.45, 2.75) is 44.2 Å². The molecule has 3 rings (SSSR count). The summed E-state index contributed by atoms with van der Waals surface area (Å²) < 4.78 is 24.4. The molecule has 132 valence electrons. The molecule has 1 heterocycles. The maximum absolute atomic E-state index is 14.2. The number of ether oxygens (including phenoxy) is 1. The highest BCUT2D eigenvalue weighted by Crippen LogP contribution is 2.24. The Morgan fingerprint density at radius 2 is 1.88 bits per heavy atom. The van der Waals surface area contributed by atoms with Crippen LogP contribution in [0.1, 0.15) is 54.3 Å². The molecular weight excluding hydrogens is 325 g/mol. The third kappa shape index (κ3) is 4.26. The molecule has 0 saturated heterocycles. The molecule has 0 unspecified atom stereocenters. The lowest BCUT2D eigenvalue weighted by atomic mass is 9.95. The number of nitrogens with one attached hydrogen (secondary N) is 1. The lowest BCUT2D eigenvalue weighted by Gasteiger charge is -2.25. The minimum atomic E-state index is -1.36. The molecule has 1 aromatic carbocycles. The summed E-state index contributed by atoms with van der Waals surface area (Å²) in [6.45, 7) is 0. The van der Waals surface area contributed by atoms with Crippen LogP contribution in [0.15, 0.2) is 47.1 Å². The number of halogens is 1. The monoisotopic (exact) mass is 345 g/mol. The molecule has 5 nitrogen and oxygen atoms in total. The molecule has 2 aromatic rings. The Morgan fingerprint density at radius 3 is 2.56 bits per heavy atom. The minimum absolute atomic E-state index is 0.0238. The van der Waals surface area contributed by atoms with E-state index in [2.05, 4.69) is 5.32 Å². The van der Waals surface area contributed by atoms with E-state index in [0.29, 0.717) is 0 Å². The maximum atomic E-state index is 14.2. The molecule has 1 fully saturated rings.